The van der Waals surface area contributed by atoms with Crippen LogP contribution in [-0.4, -0.2) is 73.1 Å². The van der Waals surface area contributed by atoms with E-state index in [-0.39, 0.29) is 31.6 Å². The molecule has 1 fully saturated rings. The summed E-state index contributed by atoms with van der Waals surface area (Å²) in [7, 11) is 0. The average Bonchev–Trinajstić information content (AvgIpc) is 3.49. The fourth-order valence-corrected chi connectivity index (χ4v) is 4.77. The highest BCUT2D eigenvalue weighted by Crippen LogP contribution is 2.29. The largest absolute Gasteiger partial charge is 0.435 e. The van der Waals surface area contributed by atoms with Gasteiger partial charge in [-0.1, -0.05) is 12.1 Å². The van der Waals surface area contributed by atoms with Gasteiger partial charge in [-0.15, -0.1) is 0 Å². The molecule has 0 aliphatic carbocycles. The van der Waals surface area contributed by atoms with Crippen molar-refractivity contribution in [2.45, 2.75) is 38.1 Å². The second kappa shape index (κ2) is 9.25. The Kier molecular flexibility index (Phi) is 6.22. The van der Waals surface area contributed by atoms with Gasteiger partial charge in [-0.3, -0.25) is 18.9 Å². The van der Waals surface area contributed by atoms with Crippen LogP contribution in [0.4, 0.5) is 13.2 Å². The van der Waals surface area contributed by atoms with Gasteiger partial charge in [0, 0.05) is 30.5 Å². The molecule has 1 saturated heterocycles. The zero-order valence-corrected chi connectivity index (χ0v) is 20.2. The summed E-state index contributed by atoms with van der Waals surface area (Å²) in [6.07, 6.45) is -2.07. The molecule has 2 aliphatic heterocycles. The number of aliphatic hydroxyl groups is 1. The van der Waals surface area contributed by atoms with E-state index >= 15 is 0 Å². The molecule has 196 valence electrons. The molecular weight excluding hydrogens is 489 g/mol. The highest BCUT2D eigenvalue weighted by molar-refractivity contribution is 5.94. The number of benzene rings is 1. The number of carbonyl (C=O) groups is 2. The lowest BCUT2D eigenvalue weighted by atomic mass is 9.90. The molecule has 0 saturated carbocycles. The van der Waals surface area contributed by atoms with Gasteiger partial charge >= 0.3 is 6.18 Å². The van der Waals surface area contributed by atoms with Crippen molar-refractivity contribution in [2.24, 2.45) is 0 Å². The Labute approximate surface area is 211 Å². The molecule has 2 amide bonds. The minimum absolute atomic E-state index is 0.155. The van der Waals surface area contributed by atoms with Crippen LogP contribution in [0, 0.1) is 6.92 Å². The van der Waals surface area contributed by atoms with E-state index in [1.54, 1.807) is 64.0 Å². The van der Waals surface area contributed by atoms with Gasteiger partial charge in [0.2, 0.25) is 0 Å². The number of hydrogen-bond donors (Lipinski definition) is 2. The quantitative estimate of drug-likeness (QED) is 0.544. The van der Waals surface area contributed by atoms with Crippen LogP contribution >= 0.6 is 0 Å². The molecule has 2 aromatic heterocycles. The summed E-state index contributed by atoms with van der Waals surface area (Å²) in [6.45, 7) is 2.86. The van der Waals surface area contributed by atoms with Gasteiger partial charge < -0.3 is 20.3 Å². The van der Waals surface area contributed by atoms with Gasteiger partial charge in [-0.05, 0) is 55.7 Å². The third kappa shape index (κ3) is 5.06. The molecule has 0 radical (unpaired) electrons. The van der Waals surface area contributed by atoms with Crippen LogP contribution in [0.5, 0.6) is 0 Å². The fourth-order valence-electron chi connectivity index (χ4n) is 4.77. The van der Waals surface area contributed by atoms with Gasteiger partial charge in [-0.2, -0.15) is 18.3 Å². The van der Waals surface area contributed by atoms with E-state index in [1.165, 1.54) is 4.68 Å². The average molecular weight is 517 g/mol. The predicted octanol–water partition coefficient (Wildman–Crippen LogP) is 2.68. The number of amides is 2. The number of fused-ring (bicyclic) bond motifs is 1. The molecule has 0 unspecified atom stereocenters. The van der Waals surface area contributed by atoms with Crippen molar-refractivity contribution >= 4 is 11.8 Å². The van der Waals surface area contributed by atoms with Crippen LogP contribution in [-0.2, 0) is 12.7 Å². The number of nitrogens with one attached hydrogen (secondary N) is 1. The van der Waals surface area contributed by atoms with E-state index in [2.05, 4.69) is 10.5 Å². The van der Waals surface area contributed by atoms with Crippen LogP contribution in [0.2, 0.25) is 0 Å². The Morgan fingerprint density at radius 3 is 2.51 bits per heavy atom. The standard InChI is InChI=1S/C25H27F3N6O3/c1-17-13-21(25(26,27)28)30-34(17)14-18-4-6-19(7-5-18)22(35)31-11-8-24(37,9-12-31)15-32-16-29-33-10-2-3-20(33)23(32)36/h2-7,10,13,29,37H,8-9,11-12,14-16H2,1H3. The lowest BCUT2D eigenvalue weighted by Gasteiger charge is -2.42. The lowest BCUT2D eigenvalue weighted by Crippen LogP contribution is -2.56. The maximum Gasteiger partial charge on any atom is 0.435 e. The van der Waals surface area contributed by atoms with Crippen molar-refractivity contribution < 1.29 is 27.9 Å². The zero-order valence-electron chi connectivity index (χ0n) is 20.2. The summed E-state index contributed by atoms with van der Waals surface area (Å²) in [5, 5.41) is 14.8. The van der Waals surface area contributed by atoms with Crippen molar-refractivity contribution in [3.8, 4) is 0 Å². The van der Waals surface area contributed by atoms with E-state index in [0.29, 0.717) is 42.9 Å². The first-order valence-corrected chi connectivity index (χ1v) is 12.0. The molecule has 37 heavy (non-hydrogen) atoms. The second-order valence-corrected chi connectivity index (χ2v) is 9.62. The smallest absolute Gasteiger partial charge is 0.388 e. The van der Waals surface area contributed by atoms with E-state index in [4.69, 9.17) is 0 Å². The molecule has 5 rings (SSSR count). The summed E-state index contributed by atoms with van der Waals surface area (Å²) in [5.41, 5.74) is 3.15. The van der Waals surface area contributed by atoms with Crippen LogP contribution in [0.1, 0.15) is 50.6 Å². The Bertz CT molecular complexity index is 1310. The van der Waals surface area contributed by atoms with Crippen LogP contribution in [0.3, 0.4) is 0 Å². The summed E-state index contributed by atoms with van der Waals surface area (Å²) >= 11 is 0. The van der Waals surface area contributed by atoms with Gasteiger partial charge in [0.15, 0.2) is 5.69 Å². The van der Waals surface area contributed by atoms with Gasteiger partial charge in [0.1, 0.15) is 12.4 Å². The first kappa shape index (κ1) is 24.9. The van der Waals surface area contributed by atoms with Crippen molar-refractivity contribution in [3.63, 3.8) is 0 Å². The number of aryl methyl sites for hydroxylation is 1. The molecule has 1 aromatic carbocycles. The van der Waals surface area contributed by atoms with Gasteiger partial charge in [0.25, 0.3) is 11.8 Å². The zero-order chi connectivity index (χ0) is 26.4. The van der Waals surface area contributed by atoms with E-state index in [0.717, 1.165) is 11.6 Å². The molecule has 0 atom stereocenters. The van der Waals surface area contributed by atoms with Crippen molar-refractivity contribution in [2.75, 3.05) is 31.7 Å². The topological polar surface area (TPSA) is 95.6 Å². The second-order valence-electron chi connectivity index (χ2n) is 9.62. The molecule has 0 bridgehead atoms. The summed E-state index contributed by atoms with van der Waals surface area (Å²) < 4.78 is 41.7. The predicted molar refractivity (Wildman–Crippen MR) is 127 cm³/mol. The number of piperidine rings is 1. The van der Waals surface area contributed by atoms with Crippen molar-refractivity contribution in [1.29, 1.82) is 0 Å². The molecule has 9 nitrogen and oxygen atoms in total. The lowest BCUT2D eigenvalue weighted by molar-refractivity contribution is -0.141. The van der Waals surface area contributed by atoms with E-state index in [1.807, 2.05) is 0 Å². The van der Waals surface area contributed by atoms with Crippen LogP contribution in [0.15, 0.2) is 48.7 Å². The monoisotopic (exact) mass is 516 g/mol. The molecular formula is C25H27F3N6O3. The van der Waals surface area contributed by atoms with E-state index in [9.17, 15) is 27.9 Å². The number of likely N-dealkylation sites (tertiary alicyclic amines) is 1. The number of rotatable bonds is 5. The Balaban J connectivity index is 1.17. The van der Waals surface area contributed by atoms with Crippen molar-refractivity contribution in [1.82, 2.24) is 24.3 Å². The molecule has 2 N–H and O–H groups in total. The van der Waals surface area contributed by atoms with Gasteiger partial charge in [0.05, 0.1) is 18.7 Å². The van der Waals surface area contributed by atoms with Gasteiger partial charge in [-0.25, -0.2) is 0 Å². The molecule has 4 heterocycles. The minimum Gasteiger partial charge on any atom is -0.388 e. The normalized spacial score (nSPS) is 17.5. The maximum absolute atomic E-state index is 13.0. The Morgan fingerprint density at radius 2 is 1.86 bits per heavy atom. The van der Waals surface area contributed by atoms with Crippen LogP contribution in [0.25, 0.3) is 0 Å². The number of β-amino-alcohol motifs (C(OH)–C–C–N with tert-alkyl or cyclic N) is 1. The summed E-state index contributed by atoms with van der Waals surface area (Å²) in [6, 6.07) is 11.2. The minimum atomic E-state index is -4.50. The number of carbonyl (C=O) groups excluding carboxylic acids is 2. The number of aromatic nitrogens is 3. The Hall–Kier alpha value is -3.80. The third-order valence-electron chi connectivity index (χ3n) is 6.96. The first-order valence-electron chi connectivity index (χ1n) is 12.0. The molecule has 3 aromatic rings. The SMILES string of the molecule is Cc1cc(C(F)(F)F)nn1Cc1ccc(C(=O)N2CCC(O)(CN3CNn4cccc4C3=O)CC2)cc1. The summed E-state index contributed by atoms with van der Waals surface area (Å²) in [5.74, 6) is -0.340. The highest BCUT2D eigenvalue weighted by atomic mass is 19.4. The maximum atomic E-state index is 13.0. The van der Waals surface area contributed by atoms with Crippen LogP contribution < -0.4 is 5.43 Å². The number of alkyl halides is 3. The molecule has 2 aliphatic rings. The Morgan fingerprint density at radius 1 is 1.16 bits per heavy atom. The summed E-state index contributed by atoms with van der Waals surface area (Å²) in [4.78, 5) is 29.0. The molecule has 0 spiro atoms. The number of halogens is 3. The highest BCUT2D eigenvalue weighted by Gasteiger charge is 2.38. The fraction of sp³-hybridized carbons (Fsp3) is 0.400. The third-order valence-corrected chi connectivity index (χ3v) is 6.96. The first-order chi connectivity index (χ1) is 17.5. The number of nitrogens with zero attached hydrogens (tertiary/aromatic N) is 5. The van der Waals surface area contributed by atoms with E-state index < -0.39 is 17.5 Å². The molecule has 12 heteroatoms. The van der Waals surface area contributed by atoms with Crippen molar-refractivity contribution in [3.05, 3.63) is 76.9 Å². The number of hydrogen-bond acceptors (Lipinski definition) is 5.